The summed E-state index contributed by atoms with van der Waals surface area (Å²) in [4.78, 5) is 11.4. The van der Waals surface area contributed by atoms with E-state index in [-0.39, 0.29) is 11.9 Å². The molecule has 0 aliphatic rings. The Kier molecular flexibility index (Phi) is 9.13. The molecule has 0 aromatic heterocycles. The lowest BCUT2D eigenvalue weighted by Gasteiger charge is -2.13. The zero-order valence-electron chi connectivity index (χ0n) is 9.13. The van der Waals surface area contributed by atoms with Gasteiger partial charge in [0.2, 0.25) is 5.91 Å². The van der Waals surface area contributed by atoms with E-state index < -0.39 is 0 Å². The highest BCUT2D eigenvalue weighted by molar-refractivity contribution is 7.98. The molecule has 0 heterocycles. The van der Waals surface area contributed by atoms with Gasteiger partial charge in [-0.15, -0.1) is 0 Å². The van der Waals surface area contributed by atoms with E-state index in [2.05, 4.69) is 10.6 Å². The normalized spacial score (nSPS) is 12.5. The zero-order chi connectivity index (χ0) is 10.8. The van der Waals surface area contributed by atoms with Gasteiger partial charge in [-0.3, -0.25) is 4.79 Å². The largest absolute Gasteiger partial charge is 0.383 e. The lowest BCUT2D eigenvalue weighted by Crippen LogP contribution is -2.43. The summed E-state index contributed by atoms with van der Waals surface area (Å²) in [6.45, 7) is 3.86. The fourth-order valence-corrected chi connectivity index (χ4v) is 1.22. The fourth-order valence-electron chi connectivity index (χ4n) is 0.900. The molecule has 1 amide bonds. The van der Waals surface area contributed by atoms with E-state index in [1.165, 1.54) is 0 Å². The molecule has 0 bridgehead atoms. The van der Waals surface area contributed by atoms with Crippen LogP contribution in [0.15, 0.2) is 0 Å². The van der Waals surface area contributed by atoms with Crippen molar-refractivity contribution in [2.45, 2.75) is 13.0 Å². The van der Waals surface area contributed by atoms with Gasteiger partial charge in [0, 0.05) is 26.0 Å². The summed E-state index contributed by atoms with van der Waals surface area (Å²) in [6.07, 6.45) is 2.05. The van der Waals surface area contributed by atoms with Crippen molar-refractivity contribution in [3.8, 4) is 0 Å². The maximum absolute atomic E-state index is 11.4. The number of rotatable bonds is 8. The highest BCUT2D eigenvalue weighted by Gasteiger charge is 2.09. The Morgan fingerprint density at radius 3 is 2.79 bits per heavy atom. The zero-order valence-corrected chi connectivity index (χ0v) is 9.95. The van der Waals surface area contributed by atoms with Gasteiger partial charge in [0.25, 0.3) is 0 Å². The Labute approximate surface area is 90.2 Å². The lowest BCUT2D eigenvalue weighted by molar-refractivity contribution is -0.122. The van der Waals surface area contributed by atoms with E-state index in [4.69, 9.17) is 4.74 Å². The van der Waals surface area contributed by atoms with Crippen LogP contribution in [0.25, 0.3) is 0 Å². The van der Waals surface area contributed by atoms with Crippen molar-refractivity contribution in [2.75, 3.05) is 38.8 Å². The van der Waals surface area contributed by atoms with Crippen molar-refractivity contribution in [3.63, 3.8) is 0 Å². The van der Waals surface area contributed by atoms with Gasteiger partial charge < -0.3 is 15.4 Å². The molecule has 2 N–H and O–H groups in total. The Morgan fingerprint density at radius 2 is 2.21 bits per heavy atom. The quantitative estimate of drug-likeness (QED) is 0.569. The fraction of sp³-hybridized carbons (Fsp3) is 0.889. The van der Waals surface area contributed by atoms with E-state index in [0.29, 0.717) is 13.2 Å². The van der Waals surface area contributed by atoms with Crippen LogP contribution in [-0.2, 0) is 9.53 Å². The molecule has 1 atom stereocenters. The Morgan fingerprint density at radius 1 is 1.50 bits per heavy atom. The van der Waals surface area contributed by atoms with Crippen LogP contribution in [0.4, 0.5) is 0 Å². The number of hydrogen-bond donors (Lipinski definition) is 2. The number of thioether (sulfide) groups is 1. The predicted molar refractivity (Wildman–Crippen MR) is 60.7 cm³/mol. The number of carbonyl (C=O) groups is 1. The first-order valence-electron chi connectivity index (χ1n) is 4.71. The minimum absolute atomic E-state index is 0.0307. The molecule has 0 rings (SSSR count). The minimum Gasteiger partial charge on any atom is -0.383 e. The predicted octanol–water partition coefficient (Wildman–Crippen LogP) is 0.0901. The number of carbonyl (C=O) groups excluding carboxylic acids is 1. The topological polar surface area (TPSA) is 50.4 Å². The van der Waals surface area contributed by atoms with Crippen molar-refractivity contribution >= 4 is 17.7 Å². The Balaban J connectivity index is 3.44. The average molecular weight is 220 g/mol. The third-order valence-electron chi connectivity index (χ3n) is 1.76. The Hall–Kier alpha value is -0.260. The monoisotopic (exact) mass is 220 g/mol. The Bertz CT molecular complexity index is 156. The minimum atomic E-state index is -0.126. The van der Waals surface area contributed by atoms with Gasteiger partial charge in [-0.25, -0.2) is 0 Å². The van der Waals surface area contributed by atoms with E-state index >= 15 is 0 Å². The summed E-state index contributed by atoms with van der Waals surface area (Å²) in [6, 6.07) is -0.126. The molecule has 0 aliphatic heterocycles. The first kappa shape index (κ1) is 13.7. The number of methoxy groups -OCH3 is 1. The average Bonchev–Trinajstić information content (AvgIpc) is 2.18. The first-order valence-corrected chi connectivity index (χ1v) is 6.10. The van der Waals surface area contributed by atoms with E-state index in [1.807, 2.05) is 13.2 Å². The molecular formula is C9H20N2O2S. The molecule has 14 heavy (non-hydrogen) atoms. The van der Waals surface area contributed by atoms with Gasteiger partial charge in [0.05, 0.1) is 12.6 Å². The van der Waals surface area contributed by atoms with Gasteiger partial charge in [-0.2, -0.15) is 11.8 Å². The molecular weight excluding hydrogens is 200 g/mol. The summed E-state index contributed by atoms with van der Waals surface area (Å²) in [5.74, 6) is 1.05. The molecule has 0 aromatic carbocycles. The van der Waals surface area contributed by atoms with Crippen LogP contribution in [0.3, 0.4) is 0 Å². The number of hydrogen-bond acceptors (Lipinski definition) is 4. The lowest BCUT2D eigenvalue weighted by atomic mass is 10.3. The molecule has 4 nitrogen and oxygen atoms in total. The number of ether oxygens (including phenoxy) is 1. The standard InChI is InChI=1S/C9H20N2O2S/c1-8(10-5-7-14-3)9(12)11-4-6-13-2/h8,10H,4-7H2,1-3H3,(H,11,12). The van der Waals surface area contributed by atoms with Crippen LogP contribution < -0.4 is 10.6 Å². The van der Waals surface area contributed by atoms with Crippen LogP contribution in [-0.4, -0.2) is 50.8 Å². The van der Waals surface area contributed by atoms with E-state index in [1.54, 1.807) is 18.9 Å². The highest BCUT2D eigenvalue weighted by atomic mass is 32.2. The van der Waals surface area contributed by atoms with E-state index in [0.717, 1.165) is 12.3 Å². The van der Waals surface area contributed by atoms with Crippen molar-refractivity contribution < 1.29 is 9.53 Å². The van der Waals surface area contributed by atoms with Crippen LogP contribution in [0.2, 0.25) is 0 Å². The third kappa shape index (κ3) is 7.17. The molecule has 0 fully saturated rings. The highest BCUT2D eigenvalue weighted by Crippen LogP contribution is 1.89. The van der Waals surface area contributed by atoms with Crippen LogP contribution in [0.1, 0.15) is 6.92 Å². The molecule has 0 saturated carbocycles. The summed E-state index contributed by atoms with van der Waals surface area (Å²) < 4.78 is 4.83. The van der Waals surface area contributed by atoms with Crippen molar-refractivity contribution in [1.82, 2.24) is 10.6 Å². The van der Waals surface area contributed by atoms with Gasteiger partial charge >= 0.3 is 0 Å². The number of amides is 1. The number of nitrogens with one attached hydrogen (secondary N) is 2. The maximum Gasteiger partial charge on any atom is 0.236 e. The van der Waals surface area contributed by atoms with Crippen LogP contribution in [0.5, 0.6) is 0 Å². The van der Waals surface area contributed by atoms with E-state index in [9.17, 15) is 4.79 Å². The summed E-state index contributed by atoms with van der Waals surface area (Å²) >= 11 is 1.76. The van der Waals surface area contributed by atoms with Crippen LogP contribution >= 0.6 is 11.8 Å². The molecule has 0 aromatic rings. The van der Waals surface area contributed by atoms with Gasteiger partial charge in [-0.1, -0.05) is 0 Å². The molecule has 0 aliphatic carbocycles. The summed E-state index contributed by atoms with van der Waals surface area (Å²) in [5.41, 5.74) is 0. The summed E-state index contributed by atoms with van der Waals surface area (Å²) in [5, 5.41) is 5.91. The molecule has 84 valence electrons. The molecule has 5 heteroatoms. The molecule has 1 unspecified atom stereocenters. The summed E-state index contributed by atoms with van der Waals surface area (Å²) in [7, 11) is 1.62. The maximum atomic E-state index is 11.4. The smallest absolute Gasteiger partial charge is 0.236 e. The molecule has 0 saturated heterocycles. The van der Waals surface area contributed by atoms with Crippen molar-refractivity contribution in [3.05, 3.63) is 0 Å². The van der Waals surface area contributed by atoms with Gasteiger partial charge in [0.1, 0.15) is 0 Å². The second-order valence-electron chi connectivity index (χ2n) is 2.95. The van der Waals surface area contributed by atoms with Gasteiger partial charge in [-0.05, 0) is 13.2 Å². The molecule has 0 spiro atoms. The van der Waals surface area contributed by atoms with Crippen molar-refractivity contribution in [2.24, 2.45) is 0 Å². The first-order chi connectivity index (χ1) is 6.72. The SMILES string of the molecule is COCCNC(=O)C(C)NCCSC. The second-order valence-corrected chi connectivity index (χ2v) is 3.94. The second kappa shape index (κ2) is 9.30. The molecule has 0 radical (unpaired) electrons. The van der Waals surface area contributed by atoms with Crippen LogP contribution in [0, 0.1) is 0 Å². The van der Waals surface area contributed by atoms with Gasteiger partial charge in [0.15, 0.2) is 0 Å². The van der Waals surface area contributed by atoms with Crippen molar-refractivity contribution in [1.29, 1.82) is 0 Å². The third-order valence-corrected chi connectivity index (χ3v) is 2.37.